The van der Waals surface area contributed by atoms with E-state index in [4.69, 9.17) is 10.8 Å². The van der Waals surface area contributed by atoms with Gasteiger partial charge in [-0.05, 0) is 43.2 Å². The van der Waals surface area contributed by atoms with Crippen LogP contribution in [-0.2, 0) is 25.8 Å². The van der Waals surface area contributed by atoms with Gasteiger partial charge in [-0.1, -0.05) is 29.8 Å². The van der Waals surface area contributed by atoms with Crippen molar-refractivity contribution in [3.05, 3.63) is 59.7 Å². The molecule has 2 aromatic rings. The van der Waals surface area contributed by atoms with Crippen LogP contribution in [0.5, 0.6) is 0 Å². The summed E-state index contributed by atoms with van der Waals surface area (Å²) in [5.41, 5.74) is 5.58. The Labute approximate surface area is 157 Å². The zero-order valence-electron chi connectivity index (χ0n) is 14.8. The molecule has 0 aliphatic rings. The Morgan fingerprint density at radius 1 is 0.963 bits per heavy atom. The molecule has 0 aliphatic heterocycles. The van der Waals surface area contributed by atoms with Gasteiger partial charge in [0.25, 0.3) is 0 Å². The maximum absolute atomic E-state index is 12.6. The second-order valence-electron chi connectivity index (χ2n) is 6.49. The van der Waals surface area contributed by atoms with E-state index in [1.54, 1.807) is 12.1 Å². The summed E-state index contributed by atoms with van der Waals surface area (Å²) < 4.78 is 25.3. The Kier molecular flexibility index (Phi) is 6.02. The van der Waals surface area contributed by atoms with Crippen molar-refractivity contribution in [3.8, 4) is 0 Å². The summed E-state index contributed by atoms with van der Waals surface area (Å²) in [6, 6.07) is 12.2. The number of sulfone groups is 1. The summed E-state index contributed by atoms with van der Waals surface area (Å²) in [5.74, 6) is -2.44. The SMILES string of the molecule is Cc1ccc(S(=O)(=O)c2ccc(C[C@](N)(CCC(=O)O)C(=O)O)cc2)cc1. The topological polar surface area (TPSA) is 135 Å². The van der Waals surface area contributed by atoms with Crippen LogP contribution < -0.4 is 5.73 Å². The van der Waals surface area contributed by atoms with Crippen LogP contribution in [0.1, 0.15) is 24.0 Å². The molecule has 0 saturated carbocycles. The van der Waals surface area contributed by atoms with Crippen molar-refractivity contribution in [2.75, 3.05) is 0 Å². The lowest BCUT2D eigenvalue weighted by molar-refractivity contribution is -0.144. The lowest BCUT2D eigenvalue weighted by Gasteiger charge is -2.24. The van der Waals surface area contributed by atoms with E-state index < -0.39 is 27.3 Å². The van der Waals surface area contributed by atoms with Gasteiger partial charge in [-0.3, -0.25) is 9.59 Å². The zero-order valence-corrected chi connectivity index (χ0v) is 15.6. The predicted molar refractivity (Wildman–Crippen MR) is 98.2 cm³/mol. The molecule has 0 fully saturated rings. The van der Waals surface area contributed by atoms with E-state index in [0.29, 0.717) is 5.56 Å². The summed E-state index contributed by atoms with van der Waals surface area (Å²) in [6.07, 6.45) is -0.718. The molecule has 0 spiro atoms. The highest BCUT2D eigenvalue weighted by Gasteiger charge is 2.34. The Morgan fingerprint density at radius 3 is 1.89 bits per heavy atom. The van der Waals surface area contributed by atoms with E-state index in [0.717, 1.165) is 5.56 Å². The van der Waals surface area contributed by atoms with E-state index >= 15 is 0 Å². The second kappa shape index (κ2) is 7.89. The Hall–Kier alpha value is -2.71. The number of carbonyl (C=O) groups is 2. The summed E-state index contributed by atoms with van der Waals surface area (Å²) in [5, 5.41) is 18.1. The van der Waals surface area contributed by atoms with Crippen LogP contribution in [0.15, 0.2) is 58.3 Å². The van der Waals surface area contributed by atoms with Crippen molar-refractivity contribution in [2.24, 2.45) is 5.73 Å². The largest absolute Gasteiger partial charge is 0.481 e. The number of aryl methyl sites for hydroxylation is 1. The van der Waals surface area contributed by atoms with E-state index in [1.807, 2.05) is 6.92 Å². The fourth-order valence-corrected chi connectivity index (χ4v) is 3.87. The minimum Gasteiger partial charge on any atom is -0.481 e. The maximum atomic E-state index is 12.6. The molecule has 7 nitrogen and oxygen atoms in total. The highest BCUT2D eigenvalue weighted by molar-refractivity contribution is 7.91. The molecule has 1 atom stereocenters. The van der Waals surface area contributed by atoms with E-state index in [9.17, 15) is 23.1 Å². The predicted octanol–water partition coefficient (Wildman–Crippen LogP) is 2.02. The summed E-state index contributed by atoms with van der Waals surface area (Å²) in [6.45, 7) is 1.86. The molecule has 2 rings (SSSR count). The molecule has 144 valence electrons. The third-order valence-electron chi connectivity index (χ3n) is 4.30. The van der Waals surface area contributed by atoms with Crippen molar-refractivity contribution in [3.63, 3.8) is 0 Å². The maximum Gasteiger partial charge on any atom is 0.324 e. The van der Waals surface area contributed by atoms with Crippen LogP contribution >= 0.6 is 0 Å². The fourth-order valence-electron chi connectivity index (χ4n) is 2.61. The van der Waals surface area contributed by atoms with Gasteiger partial charge in [-0.15, -0.1) is 0 Å². The summed E-state index contributed by atoms with van der Waals surface area (Å²) >= 11 is 0. The Morgan fingerprint density at radius 2 is 1.44 bits per heavy atom. The average Bonchev–Trinajstić information content (AvgIpc) is 2.61. The first kappa shape index (κ1) is 20.6. The molecule has 0 aliphatic carbocycles. The van der Waals surface area contributed by atoms with Gasteiger partial charge in [-0.2, -0.15) is 0 Å². The van der Waals surface area contributed by atoms with Crippen molar-refractivity contribution >= 4 is 21.8 Å². The molecule has 0 saturated heterocycles. The fraction of sp³-hybridized carbons (Fsp3) is 0.263. The van der Waals surface area contributed by atoms with Crippen LogP contribution in [-0.4, -0.2) is 36.1 Å². The minimum absolute atomic E-state index is 0.0820. The van der Waals surface area contributed by atoms with Gasteiger partial charge in [0.1, 0.15) is 5.54 Å². The highest BCUT2D eigenvalue weighted by Crippen LogP contribution is 2.23. The number of nitrogens with two attached hydrogens (primary N) is 1. The van der Waals surface area contributed by atoms with Crippen molar-refractivity contribution in [1.29, 1.82) is 0 Å². The lowest BCUT2D eigenvalue weighted by Crippen LogP contribution is -2.50. The quantitative estimate of drug-likeness (QED) is 0.626. The number of carboxylic acids is 2. The molecular weight excluding hydrogens is 370 g/mol. The molecular formula is C19H21NO6S. The van der Waals surface area contributed by atoms with Crippen LogP contribution in [0.2, 0.25) is 0 Å². The highest BCUT2D eigenvalue weighted by atomic mass is 32.2. The summed E-state index contributed by atoms with van der Waals surface area (Å²) in [7, 11) is -3.68. The molecule has 0 aromatic heterocycles. The molecule has 8 heteroatoms. The van der Waals surface area contributed by atoms with Gasteiger partial charge in [0, 0.05) is 12.8 Å². The van der Waals surface area contributed by atoms with Gasteiger partial charge < -0.3 is 15.9 Å². The van der Waals surface area contributed by atoms with Crippen molar-refractivity contribution in [1.82, 2.24) is 0 Å². The average molecular weight is 391 g/mol. The Bertz CT molecular complexity index is 935. The van der Waals surface area contributed by atoms with E-state index in [-0.39, 0.29) is 29.1 Å². The van der Waals surface area contributed by atoms with Crippen LogP contribution in [0.4, 0.5) is 0 Å². The molecule has 4 N–H and O–H groups in total. The number of carboxylic acid groups (broad SMARTS) is 2. The monoisotopic (exact) mass is 391 g/mol. The molecule has 0 bridgehead atoms. The number of rotatable bonds is 8. The second-order valence-corrected chi connectivity index (χ2v) is 8.44. The Balaban J connectivity index is 2.24. The smallest absolute Gasteiger partial charge is 0.324 e. The standard InChI is InChI=1S/C19H21NO6S/c1-13-2-6-15(7-3-13)27(25,26)16-8-4-14(5-9-16)12-19(20,18(23)24)11-10-17(21)22/h2-9H,10-12,20H2,1H3,(H,21,22)(H,23,24)/t19-/m1/s1. The van der Waals surface area contributed by atoms with E-state index in [2.05, 4.69) is 0 Å². The third-order valence-corrected chi connectivity index (χ3v) is 6.08. The normalized spacial score (nSPS) is 13.7. The number of hydrogen-bond acceptors (Lipinski definition) is 5. The van der Waals surface area contributed by atoms with E-state index in [1.165, 1.54) is 36.4 Å². The number of hydrogen-bond donors (Lipinski definition) is 3. The van der Waals surface area contributed by atoms with Gasteiger partial charge in [0.05, 0.1) is 9.79 Å². The first-order valence-electron chi connectivity index (χ1n) is 8.19. The minimum atomic E-state index is -3.68. The van der Waals surface area contributed by atoms with Crippen molar-refractivity contribution in [2.45, 2.75) is 41.5 Å². The third kappa shape index (κ3) is 4.93. The zero-order chi connectivity index (χ0) is 20.2. The molecule has 0 radical (unpaired) electrons. The van der Waals surface area contributed by atoms with Crippen LogP contribution in [0.25, 0.3) is 0 Å². The van der Waals surface area contributed by atoms with Crippen LogP contribution in [0.3, 0.4) is 0 Å². The van der Waals surface area contributed by atoms with Gasteiger partial charge in [-0.25, -0.2) is 8.42 Å². The molecule has 0 unspecified atom stereocenters. The molecule has 2 aromatic carbocycles. The van der Waals surface area contributed by atoms with Crippen LogP contribution in [0, 0.1) is 6.92 Å². The van der Waals surface area contributed by atoms with Gasteiger partial charge in [0.15, 0.2) is 0 Å². The molecule has 27 heavy (non-hydrogen) atoms. The molecule has 0 amide bonds. The van der Waals surface area contributed by atoms with Gasteiger partial charge in [0.2, 0.25) is 9.84 Å². The molecule has 0 heterocycles. The summed E-state index contributed by atoms with van der Waals surface area (Å²) in [4.78, 5) is 22.4. The lowest BCUT2D eigenvalue weighted by atomic mass is 9.87. The van der Waals surface area contributed by atoms with Gasteiger partial charge >= 0.3 is 11.9 Å². The number of benzene rings is 2. The first-order valence-corrected chi connectivity index (χ1v) is 9.68. The van der Waals surface area contributed by atoms with Crippen molar-refractivity contribution < 1.29 is 28.2 Å². The number of aliphatic carboxylic acids is 2. The first-order chi connectivity index (χ1) is 12.5.